The van der Waals surface area contributed by atoms with Gasteiger partial charge < -0.3 is 23.9 Å². The van der Waals surface area contributed by atoms with E-state index in [-0.39, 0.29) is 6.61 Å². The van der Waals surface area contributed by atoms with E-state index in [0.717, 1.165) is 22.0 Å². The molecule has 0 aliphatic heterocycles. The lowest BCUT2D eigenvalue weighted by molar-refractivity contribution is 0.0397. The van der Waals surface area contributed by atoms with E-state index in [1.54, 1.807) is 14.2 Å². The molecule has 6 nitrogen and oxygen atoms in total. The van der Waals surface area contributed by atoms with Crippen LogP contribution in [0.4, 0.5) is 0 Å². The fraction of sp³-hybridized carbons (Fsp3) is 0.318. The van der Waals surface area contributed by atoms with E-state index in [1.807, 2.05) is 54.2 Å². The predicted octanol–water partition coefficient (Wildman–Crippen LogP) is 3.77. The van der Waals surface area contributed by atoms with Gasteiger partial charge in [-0.1, -0.05) is 48.2 Å². The molecule has 2 aromatic carbocycles. The highest BCUT2D eigenvalue weighted by atomic mass is 32.2. The van der Waals surface area contributed by atoms with Gasteiger partial charge in [0.05, 0.1) is 45.4 Å². The van der Waals surface area contributed by atoms with E-state index in [0.29, 0.717) is 23.9 Å². The highest BCUT2D eigenvalue weighted by molar-refractivity contribution is 7.99. The minimum atomic E-state index is -0.586. The van der Waals surface area contributed by atoms with Gasteiger partial charge in [-0.15, -0.1) is 0 Å². The molecule has 3 aromatic rings. The van der Waals surface area contributed by atoms with E-state index in [9.17, 15) is 5.11 Å². The molecule has 1 unspecified atom stereocenters. The molecule has 0 aliphatic rings. The van der Waals surface area contributed by atoms with Crippen LogP contribution in [-0.4, -0.2) is 47.3 Å². The monoisotopic (exact) mass is 414 g/mol. The third kappa shape index (κ3) is 5.53. The van der Waals surface area contributed by atoms with Gasteiger partial charge in [0, 0.05) is 12.8 Å². The van der Waals surface area contributed by atoms with Crippen molar-refractivity contribution in [1.82, 2.24) is 9.55 Å². The first-order chi connectivity index (χ1) is 14.1. The summed E-state index contributed by atoms with van der Waals surface area (Å²) in [5, 5.41) is 11.1. The number of hydrogen-bond donors (Lipinski definition) is 1. The molecule has 0 spiro atoms. The van der Waals surface area contributed by atoms with E-state index < -0.39 is 6.10 Å². The van der Waals surface area contributed by atoms with Crippen molar-refractivity contribution in [3.63, 3.8) is 0 Å². The Kier molecular flexibility index (Phi) is 7.57. The second-order valence-corrected chi connectivity index (χ2v) is 7.51. The highest BCUT2D eigenvalue weighted by Crippen LogP contribution is 2.28. The Bertz CT molecular complexity index is 914. The Morgan fingerprint density at radius 3 is 2.55 bits per heavy atom. The summed E-state index contributed by atoms with van der Waals surface area (Å²) in [4.78, 5) is 4.48. The van der Waals surface area contributed by atoms with Crippen molar-refractivity contribution >= 4 is 11.8 Å². The number of aromatic nitrogens is 2. The van der Waals surface area contributed by atoms with Crippen molar-refractivity contribution < 1.29 is 19.3 Å². The number of methoxy groups -OCH3 is 2. The molecule has 1 aromatic heterocycles. The predicted molar refractivity (Wildman–Crippen MR) is 115 cm³/mol. The average Bonchev–Trinajstić information content (AvgIpc) is 3.13. The summed E-state index contributed by atoms with van der Waals surface area (Å²) >= 11 is 1.51. The highest BCUT2D eigenvalue weighted by Gasteiger charge is 2.12. The first-order valence-electron chi connectivity index (χ1n) is 9.29. The standard InChI is InChI=1S/C22H26N2O4S/c1-24-19(17-7-5-4-6-8-17)12-23-22(24)29-15-18(25)14-28-13-16-9-10-20(26-2)21(11-16)27-3/h4-12,18,25H,13-15H2,1-3H3. The molecule has 1 heterocycles. The van der Waals surface area contributed by atoms with Gasteiger partial charge >= 0.3 is 0 Å². The van der Waals surface area contributed by atoms with Gasteiger partial charge in [0.15, 0.2) is 16.7 Å². The molecule has 3 rings (SSSR count). The molecule has 29 heavy (non-hydrogen) atoms. The van der Waals surface area contributed by atoms with E-state index in [2.05, 4.69) is 17.1 Å². The molecular formula is C22H26N2O4S. The molecule has 0 saturated heterocycles. The molecule has 0 bridgehead atoms. The third-order valence-electron chi connectivity index (χ3n) is 4.45. The topological polar surface area (TPSA) is 65.7 Å². The Hall–Kier alpha value is -2.48. The zero-order chi connectivity index (χ0) is 20.6. The Morgan fingerprint density at radius 1 is 1.07 bits per heavy atom. The number of rotatable bonds is 10. The fourth-order valence-corrected chi connectivity index (χ4v) is 3.76. The molecule has 0 fully saturated rings. The molecule has 1 atom stereocenters. The molecule has 0 saturated carbocycles. The van der Waals surface area contributed by atoms with Crippen LogP contribution >= 0.6 is 11.8 Å². The van der Waals surface area contributed by atoms with Crippen LogP contribution in [-0.2, 0) is 18.4 Å². The van der Waals surface area contributed by atoms with Crippen LogP contribution in [0.15, 0.2) is 59.9 Å². The van der Waals surface area contributed by atoms with Gasteiger partial charge in [-0.25, -0.2) is 4.98 Å². The number of aliphatic hydroxyl groups excluding tert-OH is 1. The molecule has 1 N–H and O–H groups in total. The number of hydrogen-bond acceptors (Lipinski definition) is 6. The second-order valence-electron chi connectivity index (χ2n) is 6.52. The largest absolute Gasteiger partial charge is 0.493 e. The lowest BCUT2D eigenvalue weighted by Gasteiger charge is -2.13. The van der Waals surface area contributed by atoms with Crippen molar-refractivity contribution in [2.75, 3.05) is 26.6 Å². The van der Waals surface area contributed by atoms with Crippen LogP contribution in [0, 0.1) is 0 Å². The summed E-state index contributed by atoms with van der Waals surface area (Å²) < 4.78 is 18.2. The van der Waals surface area contributed by atoms with Crippen LogP contribution in [0.2, 0.25) is 0 Å². The maximum absolute atomic E-state index is 10.3. The maximum atomic E-state index is 10.3. The lowest BCUT2D eigenvalue weighted by Crippen LogP contribution is -2.18. The zero-order valence-corrected chi connectivity index (χ0v) is 17.7. The van der Waals surface area contributed by atoms with Crippen LogP contribution in [0.25, 0.3) is 11.3 Å². The van der Waals surface area contributed by atoms with E-state index >= 15 is 0 Å². The van der Waals surface area contributed by atoms with Crippen LogP contribution < -0.4 is 9.47 Å². The van der Waals surface area contributed by atoms with Gasteiger partial charge in [-0.2, -0.15) is 0 Å². The molecule has 0 amide bonds. The number of imidazole rings is 1. The molecule has 0 aliphatic carbocycles. The van der Waals surface area contributed by atoms with E-state index in [4.69, 9.17) is 14.2 Å². The quantitative estimate of drug-likeness (QED) is 0.510. The fourth-order valence-electron chi connectivity index (χ4n) is 2.91. The Labute approximate surface area is 175 Å². The summed E-state index contributed by atoms with van der Waals surface area (Å²) in [5.74, 6) is 1.84. The minimum Gasteiger partial charge on any atom is -0.493 e. The van der Waals surface area contributed by atoms with Gasteiger partial charge in [-0.05, 0) is 23.3 Å². The van der Waals surface area contributed by atoms with Crippen molar-refractivity contribution in [3.8, 4) is 22.8 Å². The molecule has 154 valence electrons. The minimum absolute atomic E-state index is 0.247. The number of thioether (sulfide) groups is 1. The normalized spacial score (nSPS) is 12.0. The van der Waals surface area contributed by atoms with Gasteiger partial charge in [-0.3, -0.25) is 0 Å². The average molecular weight is 415 g/mol. The summed E-state index contributed by atoms with van der Waals surface area (Å²) in [5.41, 5.74) is 3.12. The smallest absolute Gasteiger partial charge is 0.168 e. The summed E-state index contributed by atoms with van der Waals surface area (Å²) in [7, 11) is 5.19. The van der Waals surface area contributed by atoms with Crippen molar-refractivity contribution in [3.05, 3.63) is 60.3 Å². The number of aliphatic hydroxyl groups is 1. The SMILES string of the molecule is COc1ccc(COCC(O)CSc2ncc(-c3ccccc3)n2C)cc1OC. The zero-order valence-electron chi connectivity index (χ0n) is 16.9. The summed E-state index contributed by atoms with van der Waals surface area (Å²) in [6.07, 6.45) is 1.27. The third-order valence-corrected chi connectivity index (χ3v) is 5.64. The number of benzene rings is 2. The summed E-state index contributed by atoms with van der Waals surface area (Å²) in [6, 6.07) is 15.8. The van der Waals surface area contributed by atoms with Crippen molar-refractivity contribution in [2.24, 2.45) is 7.05 Å². The molecule has 7 heteroatoms. The summed E-state index contributed by atoms with van der Waals surface area (Å²) in [6.45, 7) is 0.639. The molecular weight excluding hydrogens is 388 g/mol. The van der Waals surface area contributed by atoms with Gasteiger partial charge in [0.25, 0.3) is 0 Å². The van der Waals surface area contributed by atoms with Crippen LogP contribution in [0.3, 0.4) is 0 Å². The van der Waals surface area contributed by atoms with Crippen molar-refractivity contribution in [1.29, 1.82) is 0 Å². The van der Waals surface area contributed by atoms with E-state index in [1.165, 1.54) is 11.8 Å². The number of ether oxygens (including phenoxy) is 3. The van der Waals surface area contributed by atoms with Gasteiger partial charge in [0.2, 0.25) is 0 Å². The van der Waals surface area contributed by atoms with Crippen LogP contribution in [0.1, 0.15) is 5.56 Å². The first-order valence-corrected chi connectivity index (χ1v) is 10.3. The Morgan fingerprint density at radius 2 is 1.83 bits per heavy atom. The molecule has 0 radical (unpaired) electrons. The van der Waals surface area contributed by atoms with Crippen LogP contribution in [0.5, 0.6) is 11.5 Å². The second kappa shape index (κ2) is 10.3. The number of nitrogens with zero attached hydrogens (tertiary/aromatic N) is 2. The van der Waals surface area contributed by atoms with Gasteiger partial charge in [0.1, 0.15) is 0 Å². The Balaban J connectivity index is 1.47. The van der Waals surface area contributed by atoms with Crippen molar-refractivity contribution in [2.45, 2.75) is 17.9 Å². The lowest BCUT2D eigenvalue weighted by atomic mass is 10.2. The maximum Gasteiger partial charge on any atom is 0.168 e. The first kappa shape index (κ1) is 21.2.